The molecule has 1 aliphatic heterocycles. The first-order valence-corrected chi connectivity index (χ1v) is 5.01. The standard InChI is InChI=1S/C13H11NO2/c1-2-11-12(14-16-13(11)15)10-8-6-4-3-5-7-9-10/h2-9H,1H3/b4-3-,5-3?,6-4?,7-5-,8-6?,9-7?,10-8?,10-9?,11-2-. The van der Waals surface area contributed by atoms with Gasteiger partial charge >= 0.3 is 5.97 Å². The number of nitrogens with zero attached hydrogens (tertiary/aromatic N) is 1. The lowest BCUT2D eigenvalue weighted by molar-refractivity contribution is -0.136. The highest BCUT2D eigenvalue weighted by atomic mass is 16.7. The summed E-state index contributed by atoms with van der Waals surface area (Å²) in [4.78, 5) is 16.0. The van der Waals surface area contributed by atoms with Crippen molar-refractivity contribution in [3.05, 3.63) is 59.8 Å². The van der Waals surface area contributed by atoms with Gasteiger partial charge in [-0.2, -0.15) is 0 Å². The molecule has 0 radical (unpaired) electrons. The molecule has 80 valence electrons. The summed E-state index contributed by atoms with van der Waals surface area (Å²) in [5, 5.41) is 3.79. The van der Waals surface area contributed by atoms with Crippen molar-refractivity contribution in [2.75, 3.05) is 0 Å². The third kappa shape index (κ3) is 1.93. The van der Waals surface area contributed by atoms with Crippen molar-refractivity contribution in [2.45, 2.75) is 6.92 Å². The number of rotatable bonds is 1. The Balaban J connectivity index is 2.36. The normalized spacial score (nSPS) is 25.6. The lowest BCUT2D eigenvalue weighted by Crippen LogP contribution is -2.06. The van der Waals surface area contributed by atoms with Crippen molar-refractivity contribution in [3.63, 3.8) is 0 Å². The van der Waals surface area contributed by atoms with Gasteiger partial charge in [0, 0.05) is 5.57 Å². The zero-order chi connectivity index (χ0) is 11.4. The highest BCUT2D eigenvalue weighted by molar-refractivity contribution is 6.29. The molecule has 1 aliphatic carbocycles. The van der Waals surface area contributed by atoms with Gasteiger partial charge in [-0.3, -0.25) is 0 Å². The summed E-state index contributed by atoms with van der Waals surface area (Å²) >= 11 is 0. The van der Waals surface area contributed by atoms with Crippen LogP contribution < -0.4 is 0 Å². The Bertz CT molecular complexity index is 488. The third-order valence-corrected chi connectivity index (χ3v) is 2.25. The van der Waals surface area contributed by atoms with Crippen LogP contribution in [0.15, 0.2) is 64.9 Å². The van der Waals surface area contributed by atoms with E-state index in [1.807, 2.05) is 42.5 Å². The van der Waals surface area contributed by atoms with E-state index in [-0.39, 0.29) is 0 Å². The minimum Gasteiger partial charge on any atom is -0.312 e. The van der Waals surface area contributed by atoms with E-state index in [1.54, 1.807) is 13.0 Å². The number of carbonyl (C=O) groups excluding carboxylic acids is 1. The van der Waals surface area contributed by atoms with Gasteiger partial charge in [-0.1, -0.05) is 53.8 Å². The van der Waals surface area contributed by atoms with Crippen LogP contribution in [0.2, 0.25) is 0 Å². The second-order valence-electron chi connectivity index (χ2n) is 3.27. The van der Waals surface area contributed by atoms with E-state index in [9.17, 15) is 4.79 Å². The summed E-state index contributed by atoms with van der Waals surface area (Å²) < 4.78 is 0. The molecule has 0 unspecified atom stereocenters. The zero-order valence-electron chi connectivity index (χ0n) is 8.88. The number of oxime groups is 1. The minimum absolute atomic E-state index is 0.395. The smallest absolute Gasteiger partial charge is 0.312 e. The lowest BCUT2D eigenvalue weighted by atomic mass is 10.0. The van der Waals surface area contributed by atoms with Gasteiger partial charge < -0.3 is 4.84 Å². The maximum absolute atomic E-state index is 11.3. The molecule has 0 fully saturated rings. The first kappa shape index (κ1) is 10.4. The molecule has 0 aromatic heterocycles. The Labute approximate surface area is 93.8 Å². The van der Waals surface area contributed by atoms with Gasteiger partial charge in [0.2, 0.25) is 0 Å². The van der Waals surface area contributed by atoms with Crippen LogP contribution in [0, 0.1) is 0 Å². The molecule has 3 nitrogen and oxygen atoms in total. The summed E-state index contributed by atoms with van der Waals surface area (Å²) in [5.74, 6) is -0.395. The van der Waals surface area contributed by atoms with Crippen LogP contribution in [0.5, 0.6) is 0 Å². The SMILES string of the molecule is C/C=C1\C(=O)ON=C1C1=C/C=C\C=C/C=C1. The van der Waals surface area contributed by atoms with E-state index < -0.39 is 5.97 Å². The fourth-order valence-corrected chi connectivity index (χ4v) is 1.47. The van der Waals surface area contributed by atoms with Crippen molar-refractivity contribution in [3.8, 4) is 0 Å². The number of allylic oxidation sites excluding steroid dienone is 9. The molecule has 16 heavy (non-hydrogen) atoms. The largest absolute Gasteiger partial charge is 0.367 e. The first-order valence-electron chi connectivity index (χ1n) is 5.01. The van der Waals surface area contributed by atoms with Crippen LogP contribution in [0.4, 0.5) is 0 Å². The maximum Gasteiger partial charge on any atom is 0.367 e. The van der Waals surface area contributed by atoms with Gasteiger partial charge in [0.05, 0.1) is 5.57 Å². The average molecular weight is 213 g/mol. The van der Waals surface area contributed by atoms with E-state index in [4.69, 9.17) is 0 Å². The lowest BCUT2D eigenvalue weighted by Gasteiger charge is -1.99. The molecule has 1 heterocycles. The Kier molecular flexibility index (Phi) is 2.96. The Morgan fingerprint density at radius 1 is 1.19 bits per heavy atom. The molecule has 0 amide bonds. The van der Waals surface area contributed by atoms with Crippen molar-refractivity contribution in [1.82, 2.24) is 0 Å². The van der Waals surface area contributed by atoms with E-state index in [0.29, 0.717) is 11.3 Å². The number of carbonyl (C=O) groups is 1. The fourth-order valence-electron chi connectivity index (χ4n) is 1.47. The molecule has 3 heteroatoms. The van der Waals surface area contributed by atoms with E-state index >= 15 is 0 Å². The highest BCUT2D eigenvalue weighted by Gasteiger charge is 2.26. The molecule has 0 aromatic rings. The fraction of sp³-hybridized carbons (Fsp3) is 0.0769. The molecule has 0 saturated carbocycles. The third-order valence-electron chi connectivity index (χ3n) is 2.25. The van der Waals surface area contributed by atoms with Crippen LogP contribution in [-0.2, 0) is 9.63 Å². The average Bonchev–Trinajstić information content (AvgIpc) is 2.59. The minimum atomic E-state index is -0.395. The summed E-state index contributed by atoms with van der Waals surface area (Å²) in [7, 11) is 0. The van der Waals surface area contributed by atoms with E-state index in [0.717, 1.165) is 5.57 Å². The van der Waals surface area contributed by atoms with Crippen molar-refractivity contribution >= 4 is 11.7 Å². The zero-order valence-corrected chi connectivity index (χ0v) is 8.88. The van der Waals surface area contributed by atoms with Crippen molar-refractivity contribution < 1.29 is 9.63 Å². The quantitative estimate of drug-likeness (QED) is 0.495. The molecule has 0 spiro atoms. The highest BCUT2D eigenvalue weighted by Crippen LogP contribution is 2.18. The Morgan fingerprint density at radius 2 is 1.94 bits per heavy atom. The van der Waals surface area contributed by atoms with Crippen LogP contribution >= 0.6 is 0 Å². The Hall–Kier alpha value is -2.16. The molecule has 0 atom stereocenters. The molecular weight excluding hydrogens is 202 g/mol. The molecule has 0 bridgehead atoms. The van der Waals surface area contributed by atoms with Crippen LogP contribution in [0.1, 0.15) is 6.92 Å². The Morgan fingerprint density at radius 3 is 2.75 bits per heavy atom. The number of hydrogen-bond acceptors (Lipinski definition) is 3. The summed E-state index contributed by atoms with van der Waals surface area (Å²) in [6.07, 6.45) is 15.0. The molecule has 2 rings (SSSR count). The number of hydrogen-bond donors (Lipinski definition) is 0. The molecule has 0 N–H and O–H groups in total. The molecule has 0 saturated heterocycles. The van der Waals surface area contributed by atoms with Gasteiger partial charge in [0.1, 0.15) is 5.71 Å². The van der Waals surface area contributed by atoms with Crippen molar-refractivity contribution in [2.24, 2.45) is 5.16 Å². The second-order valence-corrected chi connectivity index (χ2v) is 3.27. The topological polar surface area (TPSA) is 38.7 Å². The van der Waals surface area contributed by atoms with Gasteiger partial charge in [0.25, 0.3) is 0 Å². The molecular formula is C13H11NO2. The van der Waals surface area contributed by atoms with E-state index in [2.05, 4.69) is 9.99 Å². The van der Waals surface area contributed by atoms with Gasteiger partial charge in [-0.15, -0.1) is 0 Å². The predicted octanol–water partition coefficient (Wildman–Crippen LogP) is 2.45. The van der Waals surface area contributed by atoms with Gasteiger partial charge in [-0.05, 0) is 6.92 Å². The van der Waals surface area contributed by atoms with Crippen molar-refractivity contribution in [1.29, 1.82) is 0 Å². The van der Waals surface area contributed by atoms with Crippen LogP contribution in [0.3, 0.4) is 0 Å². The van der Waals surface area contributed by atoms with Gasteiger partial charge in [0.15, 0.2) is 0 Å². The molecule has 2 aliphatic rings. The van der Waals surface area contributed by atoms with Crippen LogP contribution in [-0.4, -0.2) is 11.7 Å². The molecule has 0 aromatic carbocycles. The monoisotopic (exact) mass is 213 g/mol. The summed E-state index contributed by atoms with van der Waals surface area (Å²) in [6.45, 7) is 1.79. The maximum atomic E-state index is 11.3. The van der Waals surface area contributed by atoms with E-state index in [1.165, 1.54) is 0 Å². The summed E-state index contributed by atoms with van der Waals surface area (Å²) in [5.41, 5.74) is 1.96. The second kappa shape index (κ2) is 4.57. The summed E-state index contributed by atoms with van der Waals surface area (Å²) in [6, 6.07) is 0. The predicted molar refractivity (Wildman–Crippen MR) is 62.8 cm³/mol. The van der Waals surface area contributed by atoms with Crippen LogP contribution in [0.25, 0.3) is 0 Å². The van der Waals surface area contributed by atoms with Gasteiger partial charge in [-0.25, -0.2) is 4.79 Å². The first-order chi connectivity index (χ1) is 7.83.